The zero-order valence-corrected chi connectivity index (χ0v) is 9.72. The predicted octanol–water partition coefficient (Wildman–Crippen LogP) is 3.52. The van der Waals surface area contributed by atoms with Crippen molar-refractivity contribution in [2.75, 3.05) is 0 Å². The van der Waals surface area contributed by atoms with Crippen molar-refractivity contribution in [2.24, 2.45) is 0 Å². The molecule has 1 radical (unpaired) electrons. The van der Waals surface area contributed by atoms with Crippen molar-refractivity contribution >= 4 is 11.0 Å². The molecule has 0 amide bonds. The molecular formula is C15H13N2. The molecule has 17 heavy (non-hydrogen) atoms. The van der Waals surface area contributed by atoms with Crippen molar-refractivity contribution in [3.8, 4) is 11.4 Å². The van der Waals surface area contributed by atoms with E-state index < -0.39 is 0 Å². The smallest absolute Gasteiger partial charge is 0.141 e. The second kappa shape index (κ2) is 4.06. The lowest BCUT2D eigenvalue weighted by atomic mass is 10.2. The number of hydrogen-bond acceptors (Lipinski definition) is 1. The molecule has 0 unspecified atom stereocenters. The van der Waals surface area contributed by atoms with Crippen LogP contribution in [0.1, 0.15) is 6.92 Å². The van der Waals surface area contributed by atoms with Crippen LogP contribution in [0, 0.1) is 6.07 Å². The van der Waals surface area contributed by atoms with E-state index in [1.165, 1.54) is 5.52 Å². The van der Waals surface area contributed by atoms with Crippen LogP contribution in [0.2, 0.25) is 0 Å². The van der Waals surface area contributed by atoms with Crippen molar-refractivity contribution in [1.82, 2.24) is 9.55 Å². The van der Waals surface area contributed by atoms with Crippen LogP contribution in [0.5, 0.6) is 0 Å². The van der Waals surface area contributed by atoms with Gasteiger partial charge in [0.2, 0.25) is 0 Å². The second-order valence-corrected chi connectivity index (χ2v) is 3.94. The number of aryl methyl sites for hydroxylation is 1. The molecule has 0 saturated carbocycles. The highest BCUT2D eigenvalue weighted by Gasteiger charge is 2.10. The van der Waals surface area contributed by atoms with Gasteiger partial charge in [-0.25, -0.2) is 4.98 Å². The molecule has 0 aliphatic heterocycles. The van der Waals surface area contributed by atoms with E-state index in [4.69, 9.17) is 0 Å². The van der Waals surface area contributed by atoms with Gasteiger partial charge in [-0.3, -0.25) is 0 Å². The number of aromatic nitrogens is 2. The Balaban J connectivity index is 2.30. The van der Waals surface area contributed by atoms with E-state index in [0.717, 1.165) is 23.4 Å². The Morgan fingerprint density at radius 1 is 1.12 bits per heavy atom. The molecule has 0 atom stereocenters. The molecule has 0 aliphatic rings. The van der Waals surface area contributed by atoms with E-state index in [2.05, 4.69) is 34.7 Å². The van der Waals surface area contributed by atoms with E-state index in [1.807, 2.05) is 36.4 Å². The first-order valence-corrected chi connectivity index (χ1v) is 5.82. The summed E-state index contributed by atoms with van der Waals surface area (Å²) in [5, 5.41) is 0. The first kappa shape index (κ1) is 10.1. The summed E-state index contributed by atoms with van der Waals surface area (Å²) in [5.74, 6) is 0.995. The van der Waals surface area contributed by atoms with Crippen molar-refractivity contribution in [1.29, 1.82) is 0 Å². The van der Waals surface area contributed by atoms with Gasteiger partial charge in [-0.1, -0.05) is 36.4 Å². The fourth-order valence-corrected chi connectivity index (χ4v) is 2.13. The van der Waals surface area contributed by atoms with Crippen LogP contribution in [0.4, 0.5) is 0 Å². The minimum atomic E-state index is 0.915. The van der Waals surface area contributed by atoms with Gasteiger partial charge >= 0.3 is 0 Å². The minimum Gasteiger partial charge on any atom is -0.324 e. The third kappa shape index (κ3) is 1.62. The maximum absolute atomic E-state index is 4.69. The molecule has 0 aliphatic carbocycles. The zero-order chi connectivity index (χ0) is 11.7. The van der Waals surface area contributed by atoms with Gasteiger partial charge in [-0.15, -0.1) is 0 Å². The fraction of sp³-hybridized carbons (Fsp3) is 0.133. The Bertz CT molecular complexity index is 638. The van der Waals surface area contributed by atoms with Crippen molar-refractivity contribution in [2.45, 2.75) is 13.5 Å². The summed E-state index contributed by atoms with van der Waals surface area (Å²) >= 11 is 0. The van der Waals surface area contributed by atoms with Gasteiger partial charge in [0.1, 0.15) is 5.82 Å². The number of hydrogen-bond donors (Lipinski definition) is 0. The summed E-state index contributed by atoms with van der Waals surface area (Å²) in [4.78, 5) is 4.69. The topological polar surface area (TPSA) is 17.8 Å². The van der Waals surface area contributed by atoms with Gasteiger partial charge in [0.25, 0.3) is 0 Å². The maximum atomic E-state index is 4.69. The number of rotatable bonds is 2. The van der Waals surface area contributed by atoms with Crippen LogP contribution in [-0.2, 0) is 6.54 Å². The summed E-state index contributed by atoms with van der Waals surface area (Å²) in [6.45, 7) is 3.05. The van der Waals surface area contributed by atoms with Gasteiger partial charge in [0, 0.05) is 12.1 Å². The van der Waals surface area contributed by atoms with E-state index >= 15 is 0 Å². The Kier molecular flexibility index (Phi) is 2.41. The highest BCUT2D eigenvalue weighted by Crippen LogP contribution is 2.23. The Labute approximate surface area is 101 Å². The molecule has 0 spiro atoms. The summed E-state index contributed by atoms with van der Waals surface area (Å²) in [6, 6.07) is 19.4. The van der Waals surface area contributed by atoms with E-state index in [-0.39, 0.29) is 0 Å². The number of imidazole rings is 1. The van der Waals surface area contributed by atoms with Crippen molar-refractivity contribution in [3.63, 3.8) is 0 Å². The molecule has 83 valence electrons. The molecule has 3 rings (SSSR count). The molecule has 2 aromatic carbocycles. The van der Waals surface area contributed by atoms with Crippen molar-refractivity contribution in [3.05, 3.63) is 54.6 Å². The molecule has 0 saturated heterocycles. The minimum absolute atomic E-state index is 0.915. The van der Waals surface area contributed by atoms with Crippen LogP contribution in [0.3, 0.4) is 0 Å². The lowest BCUT2D eigenvalue weighted by Crippen LogP contribution is -1.97. The molecule has 0 bridgehead atoms. The van der Waals surface area contributed by atoms with Crippen molar-refractivity contribution < 1.29 is 0 Å². The van der Waals surface area contributed by atoms with Gasteiger partial charge in [0.15, 0.2) is 0 Å². The SMILES string of the molecule is CCn1c(-c2[c]cccc2)nc2ccccc21. The average Bonchev–Trinajstić information content (AvgIpc) is 2.78. The maximum Gasteiger partial charge on any atom is 0.141 e. The molecule has 0 N–H and O–H groups in total. The largest absolute Gasteiger partial charge is 0.324 e. The van der Waals surface area contributed by atoms with Gasteiger partial charge in [-0.05, 0) is 25.1 Å². The summed E-state index contributed by atoms with van der Waals surface area (Å²) in [5.41, 5.74) is 3.27. The van der Waals surface area contributed by atoms with Crippen LogP contribution >= 0.6 is 0 Å². The fourth-order valence-electron chi connectivity index (χ4n) is 2.13. The molecule has 1 heterocycles. The van der Waals surface area contributed by atoms with Gasteiger partial charge in [0.05, 0.1) is 11.0 Å². The summed E-state index contributed by atoms with van der Waals surface area (Å²) in [6.07, 6.45) is 0. The first-order chi connectivity index (χ1) is 8.40. The number of benzene rings is 2. The molecule has 3 aromatic rings. The normalized spacial score (nSPS) is 10.9. The Hall–Kier alpha value is -2.09. The van der Waals surface area contributed by atoms with Crippen LogP contribution in [0.15, 0.2) is 48.5 Å². The molecule has 1 aromatic heterocycles. The average molecular weight is 221 g/mol. The summed E-state index contributed by atoms with van der Waals surface area (Å²) < 4.78 is 2.22. The van der Waals surface area contributed by atoms with Gasteiger partial charge in [-0.2, -0.15) is 0 Å². The van der Waals surface area contributed by atoms with E-state index in [1.54, 1.807) is 0 Å². The van der Waals surface area contributed by atoms with E-state index in [9.17, 15) is 0 Å². The standard InChI is InChI=1S/C15H13N2/c1-2-17-14-11-7-6-10-13(14)16-15(17)12-8-4-3-5-9-12/h3-8,10-11H,2H2,1H3. The van der Waals surface area contributed by atoms with Gasteiger partial charge < -0.3 is 4.57 Å². The number of fused-ring (bicyclic) bond motifs is 1. The zero-order valence-electron chi connectivity index (χ0n) is 9.72. The number of nitrogens with zero attached hydrogens (tertiary/aromatic N) is 2. The quantitative estimate of drug-likeness (QED) is 0.647. The monoisotopic (exact) mass is 221 g/mol. The second-order valence-electron chi connectivity index (χ2n) is 3.94. The molecule has 0 fully saturated rings. The van der Waals surface area contributed by atoms with Crippen LogP contribution in [0.25, 0.3) is 22.4 Å². The molecule has 2 nitrogen and oxygen atoms in total. The first-order valence-electron chi connectivity index (χ1n) is 5.82. The van der Waals surface area contributed by atoms with E-state index in [0.29, 0.717) is 0 Å². The Morgan fingerprint density at radius 2 is 1.94 bits per heavy atom. The lowest BCUT2D eigenvalue weighted by Gasteiger charge is -2.05. The Morgan fingerprint density at radius 3 is 2.71 bits per heavy atom. The molecular weight excluding hydrogens is 208 g/mol. The third-order valence-electron chi connectivity index (χ3n) is 2.92. The third-order valence-corrected chi connectivity index (χ3v) is 2.92. The summed E-state index contributed by atoms with van der Waals surface area (Å²) in [7, 11) is 0. The number of para-hydroxylation sites is 2. The lowest BCUT2D eigenvalue weighted by molar-refractivity contribution is 0.796. The highest BCUT2D eigenvalue weighted by atomic mass is 15.1. The van der Waals surface area contributed by atoms with Crippen LogP contribution < -0.4 is 0 Å². The highest BCUT2D eigenvalue weighted by molar-refractivity contribution is 5.80. The molecule has 2 heteroatoms. The predicted molar refractivity (Wildman–Crippen MR) is 69.7 cm³/mol. The van der Waals surface area contributed by atoms with Crippen LogP contribution in [-0.4, -0.2) is 9.55 Å².